The Balaban J connectivity index is 2.11. The fourth-order valence-corrected chi connectivity index (χ4v) is 1.91. The fourth-order valence-electron chi connectivity index (χ4n) is 1.91. The van der Waals surface area contributed by atoms with Crippen LogP contribution in [0.5, 0.6) is 11.5 Å². The number of amides is 1. The Kier molecular flexibility index (Phi) is 5.80. The first-order chi connectivity index (χ1) is 10.7. The predicted octanol–water partition coefficient (Wildman–Crippen LogP) is 2.97. The molecule has 1 amide bonds. The molecule has 2 aromatic carbocycles. The minimum Gasteiger partial charge on any atom is -0.497 e. The lowest BCUT2D eigenvalue weighted by Gasteiger charge is -2.12. The van der Waals surface area contributed by atoms with Gasteiger partial charge in [-0.05, 0) is 24.3 Å². The van der Waals surface area contributed by atoms with Gasteiger partial charge in [-0.1, -0.05) is 18.2 Å². The molecule has 116 valence electrons. The number of ether oxygens (including phenoxy) is 3. The van der Waals surface area contributed by atoms with Gasteiger partial charge in [-0.25, -0.2) is 0 Å². The van der Waals surface area contributed by atoms with Crippen LogP contribution in [-0.2, 0) is 4.74 Å². The summed E-state index contributed by atoms with van der Waals surface area (Å²) in [5.41, 5.74) is 1.14. The fraction of sp³-hybridized carbons (Fsp3) is 0.235. The molecule has 0 spiro atoms. The summed E-state index contributed by atoms with van der Waals surface area (Å²) in [6.07, 6.45) is 0. The van der Waals surface area contributed by atoms with Gasteiger partial charge in [-0.15, -0.1) is 0 Å². The van der Waals surface area contributed by atoms with E-state index in [0.717, 1.165) is 0 Å². The highest BCUT2D eigenvalue weighted by molar-refractivity contribution is 6.06. The van der Waals surface area contributed by atoms with E-state index in [1.807, 2.05) is 18.2 Å². The second kappa shape index (κ2) is 8.05. The van der Waals surface area contributed by atoms with E-state index in [0.29, 0.717) is 36.0 Å². The largest absolute Gasteiger partial charge is 0.497 e. The van der Waals surface area contributed by atoms with Crippen molar-refractivity contribution < 1.29 is 19.0 Å². The van der Waals surface area contributed by atoms with Gasteiger partial charge in [0.1, 0.15) is 18.1 Å². The van der Waals surface area contributed by atoms with Gasteiger partial charge < -0.3 is 19.5 Å². The molecule has 0 aliphatic heterocycles. The molecule has 0 bridgehead atoms. The zero-order valence-electron chi connectivity index (χ0n) is 12.7. The van der Waals surface area contributed by atoms with Crippen molar-refractivity contribution in [3.8, 4) is 11.5 Å². The summed E-state index contributed by atoms with van der Waals surface area (Å²) in [4.78, 5) is 12.4. The summed E-state index contributed by atoms with van der Waals surface area (Å²) < 4.78 is 15.7. The number of rotatable bonds is 7. The molecule has 0 heterocycles. The van der Waals surface area contributed by atoms with Gasteiger partial charge in [0.25, 0.3) is 5.91 Å². The third-order valence-corrected chi connectivity index (χ3v) is 3.00. The second-order valence-corrected chi connectivity index (χ2v) is 4.52. The maximum absolute atomic E-state index is 12.4. The van der Waals surface area contributed by atoms with E-state index in [-0.39, 0.29) is 5.91 Å². The number of para-hydroxylation sites is 1. The molecule has 22 heavy (non-hydrogen) atoms. The first-order valence-electron chi connectivity index (χ1n) is 6.90. The molecule has 5 heteroatoms. The van der Waals surface area contributed by atoms with Crippen LogP contribution >= 0.6 is 0 Å². The Labute approximate surface area is 129 Å². The number of hydrogen-bond donors (Lipinski definition) is 1. The number of nitrogens with one attached hydrogen (secondary N) is 1. The quantitative estimate of drug-likeness (QED) is 0.799. The predicted molar refractivity (Wildman–Crippen MR) is 84.8 cm³/mol. The summed E-state index contributed by atoms with van der Waals surface area (Å²) in [5.74, 6) is 0.976. The van der Waals surface area contributed by atoms with Gasteiger partial charge >= 0.3 is 0 Å². The highest BCUT2D eigenvalue weighted by Crippen LogP contribution is 2.21. The standard InChI is InChI=1S/C17H19NO4/c1-20-10-11-22-16-9-4-3-8-15(16)17(19)18-13-6-5-7-14(12-13)21-2/h3-9,12H,10-11H2,1-2H3,(H,18,19). The van der Waals surface area contributed by atoms with Crippen molar-refractivity contribution in [3.05, 3.63) is 54.1 Å². The van der Waals surface area contributed by atoms with E-state index < -0.39 is 0 Å². The SMILES string of the molecule is COCCOc1ccccc1C(=O)Nc1cccc(OC)c1. The molecule has 2 rings (SSSR count). The second-order valence-electron chi connectivity index (χ2n) is 4.52. The molecule has 1 N–H and O–H groups in total. The van der Waals surface area contributed by atoms with Gasteiger partial charge in [0, 0.05) is 18.9 Å². The molecule has 0 saturated carbocycles. The minimum absolute atomic E-state index is 0.235. The van der Waals surface area contributed by atoms with E-state index in [4.69, 9.17) is 14.2 Å². The summed E-state index contributed by atoms with van der Waals surface area (Å²) in [5, 5.41) is 2.83. The van der Waals surface area contributed by atoms with Crippen molar-refractivity contribution in [2.24, 2.45) is 0 Å². The lowest BCUT2D eigenvalue weighted by molar-refractivity contribution is 0.101. The van der Waals surface area contributed by atoms with E-state index in [1.54, 1.807) is 44.6 Å². The van der Waals surface area contributed by atoms with Crippen molar-refractivity contribution >= 4 is 11.6 Å². The minimum atomic E-state index is -0.235. The van der Waals surface area contributed by atoms with Gasteiger partial charge in [0.15, 0.2) is 0 Å². The van der Waals surface area contributed by atoms with E-state index in [2.05, 4.69) is 5.32 Å². The maximum atomic E-state index is 12.4. The lowest BCUT2D eigenvalue weighted by atomic mass is 10.2. The van der Waals surface area contributed by atoms with Crippen molar-refractivity contribution in [3.63, 3.8) is 0 Å². The molecule has 0 aliphatic rings. The Morgan fingerprint density at radius 2 is 1.86 bits per heavy atom. The van der Waals surface area contributed by atoms with Crippen LogP contribution in [-0.4, -0.2) is 33.3 Å². The van der Waals surface area contributed by atoms with E-state index in [9.17, 15) is 4.79 Å². The van der Waals surface area contributed by atoms with Crippen LogP contribution in [0.4, 0.5) is 5.69 Å². The number of benzene rings is 2. The Bertz CT molecular complexity index is 628. The molecular weight excluding hydrogens is 282 g/mol. The average molecular weight is 301 g/mol. The molecule has 0 aliphatic carbocycles. The summed E-state index contributed by atoms with van der Waals surface area (Å²) in [6.45, 7) is 0.853. The normalized spacial score (nSPS) is 10.1. The van der Waals surface area contributed by atoms with Crippen molar-refractivity contribution in [1.82, 2.24) is 0 Å². The molecular formula is C17H19NO4. The van der Waals surface area contributed by atoms with Crippen LogP contribution in [0.3, 0.4) is 0 Å². The highest BCUT2D eigenvalue weighted by Gasteiger charge is 2.12. The topological polar surface area (TPSA) is 56.8 Å². The molecule has 0 saturated heterocycles. The van der Waals surface area contributed by atoms with Crippen molar-refractivity contribution in [2.45, 2.75) is 0 Å². The number of carbonyl (C=O) groups is 1. The molecule has 0 radical (unpaired) electrons. The van der Waals surface area contributed by atoms with Crippen LogP contribution < -0.4 is 14.8 Å². The average Bonchev–Trinajstić information content (AvgIpc) is 2.55. The zero-order valence-corrected chi connectivity index (χ0v) is 12.7. The Hall–Kier alpha value is -2.53. The molecule has 0 aromatic heterocycles. The smallest absolute Gasteiger partial charge is 0.259 e. The molecule has 5 nitrogen and oxygen atoms in total. The van der Waals surface area contributed by atoms with Gasteiger partial charge in [-0.3, -0.25) is 4.79 Å². The molecule has 0 fully saturated rings. The monoisotopic (exact) mass is 301 g/mol. The van der Waals surface area contributed by atoms with Crippen LogP contribution in [0.1, 0.15) is 10.4 Å². The zero-order chi connectivity index (χ0) is 15.8. The third-order valence-electron chi connectivity index (χ3n) is 3.00. The van der Waals surface area contributed by atoms with Crippen LogP contribution in [0.15, 0.2) is 48.5 Å². The Morgan fingerprint density at radius 3 is 2.64 bits per heavy atom. The molecule has 0 atom stereocenters. The van der Waals surface area contributed by atoms with Crippen LogP contribution in [0.25, 0.3) is 0 Å². The van der Waals surface area contributed by atoms with E-state index >= 15 is 0 Å². The number of anilines is 1. The maximum Gasteiger partial charge on any atom is 0.259 e. The summed E-state index contributed by atoms with van der Waals surface area (Å²) >= 11 is 0. The number of carbonyl (C=O) groups excluding carboxylic acids is 1. The van der Waals surface area contributed by atoms with Crippen molar-refractivity contribution in [2.75, 3.05) is 32.8 Å². The number of methoxy groups -OCH3 is 2. The third kappa shape index (κ3) is 4.23. The first-order valence-corrected chi connectivity index (χ1v) is 6.90. The number of hydrogen-bond acceptors (Lipinski definition) is 4. The molecule has 2 aromatic rings. The first kappa shape index (κ1) is 15.9. The van der Waals surface area contributed by atoms with Gasteiger partial charge in [0.2, 0.25) is 0 Å². The summed E-state index contributed by atoms with van der Waals surface area (Å²) in [6, 6.07) is 14.3. The lowest BCUT2D eigenvalue weighted by Crippen LogP contribution is -2.14. The van der Waals surface area contributed by atoms with Gasteiger partial charge in [0.05, 0.1) is 19.3 Å². The molecule has 0 unspecified atom stereocenters. The highest BCUT2D eigenvalue weighted by atomic mass is 16.5. The van der Waals surface area contributed by atoms with Crippen LogP contribution in [0.2, 0.25) is 0 Å². The van der Waals surface area contributed by atoms with Crippen molar-refractivity contribution in [1.29, 1.82) is 0 Å². The van der Waals surface area contributed by atoms with Gasteiger partial charge in [-0.2, -0.15) is 0 Å². The van der Waals surface area contributed by atoms with E-state index in [1.165, 1.54) is 0 Å². The Morgan fingerprint density at radius 1 is 1.05 bits per heavy atom. The summed E-state index contributed by atoms with van der Waals surface area (Å²) in [7, 11) is 3.19. The van der Waals surface area contributed by atoms with Crippen LogP contribution in [0, 0.1) is 0 Å².